The first kappa shape index (κ1) is 14.4. The average molecular weight is 286 g/mol. The van der Waals surface area contributed by atoms with Crippen LogP contribution in [0.1, 0.15) is 10.4 Å². The topological polar surface area (TPSA) is 87.7 Å². The molecule has 0 aliphatic heterocycles. The highest BCUT2D eigenvalue weighted by molar-refractivity contribution is 6.00. The molecule has 0 aromatic heterocycles. The number of carboxylic acid groups (broad SMARTS) is 1. The molecule has 6 nitrogen and oxygen atoms in total. The summed E-state index contributed by atoms with van der Waals surface area (Å²) >= 11 is 0. The molecule has 0 saturated heterocycles. The van der Waals surface area contributed by atoms with E-state index in [1.807, 2.05) is 0 Å². The second-order valence-electron chi connectivity index (χ2n) is 4.19. The number of rotatable bonds is 4. The molecule has 2 aromatic rings. The summed E-state index contributed by atoms with van der Waals surface area (Å²) in [4.78, 5) is 22.7. The lowest BCUT2D eigenvalue weighted by molar-refractivity contribution is 0.0697. The molecule has 0 saturated carbocycles. The third-order valence-electron chi connectivity index (χ3n) is 2.72. The number of hydrogen-bond acceptors (Lipinski definition) is 3. The molecule has 0 atom stereocenters. The molecule has 2 aromatic carbocycles. The molecule has 0 spiro atoms. The summed E-state index contributed by atoms with van der Waals surface area (Å²) in [5.41, 5.74) is 1.11. The van der Waals surface area contributed by atoms with Crippen molar-refractivity contribution in [3.8, 4) is 5.75 Å². The Morgan fingerprint density at radius 2 is 1.67 bits per heavy atom. The lowest BCUT2D eigenvalue weighted by Crippen LogP contribution is -2.19. The molecule has 21 heavy (non-hydrogen) atoms. The van der Waals surface area contributed by atoms with Gasteiger partial charge in [-0.25, -0.2) is 9.59 Å². The molecule has 0 aliphatic rings. The Kier molecular flexibility index (Phi) is 4.40. The molecule has 3 N–H and O–H groups in total. The Balaban J connectivity index is 2.00. The maximum atomic E-state index is 11.8. The van der Waals surface area contributed by atoms with Crippen LogP contribution in [0.3, 0.4) is 0 Å². The van der Waals surface area contributed by atoms with Crippen molar-refractivity contribution in [2.45, 2.75) is 0 Å². The molecule has 108 valence electrons. The van der Waals surface area contributed by atoms with Gasteiger partial charge in [0.15, 0.2) is 0 Å². The number of carbonyl (C=O) groups is 2. The Labute approximate surface area is 121 Å². The maximum absolute atomic E-state index is 11.8. The number of hydrogen-bond donors (Lipinski definition) is 3. The van der Waals surface area contributed by atoms with Gasteiger partial charge in [-0.2, -0.15) is 0 Å². The van der Waals surface area contributed by atoms with E-state index in [1.54, 1.807) is 43.5 Å². The smallest absolute Gasteiger partial charge is 0.335 e. The number of benzene rings is 2. The van der Waals surface area contributed by atoms with Gasteiger partial charge in [0.2, 0.25) is 0 Å². The molecule has 0 radical (unpaired) electrons. The van der Waals surface area contributed by atoms with Crippen molar-refractivity contribution in [2.75, 3.05) is 17.7 Å². The van der Waals surface area contributed by atoms with Crippen molar-refractivity contribution in [3.05, 3.63) is 54.1 Å². The highest BCUT2D eigenvalue weighted by Crippen LogP contribution is 2.16. The van der Waals surface area contributed by atoms with Crippen LogP contribution in [0.4, 0.5) is 16.2 Å². The zero-order valence-electron chi connectivity index (χ0n) is 11.3. The molecular formula is C15H14N2O4. The van der Waals surface area contributed by atoms with Gasteiger partial charge in [0.25, 0.3) is 0 Å². The van der Waals surface area contributed by atoms with Gasteiger partial charge >= 0.3 is 12.0 Å². The third-order valence-corrected chi connectivity index (χ3v) is 2.72. The van der Waals surface area contributed by atoms with Crippen LogP contribution in [0.15, 0.2) is 48.5 Å². The summed E-state index contributed by atoms with van der Waals surface area (Å²) in [6.45, 7) is 0. The van der Waals surface area contributed by atoms with Crippen LogP contribution in [0.25, 0.3) is 0 Å². The zero-order valence-corrected chi connectivity index (χ0v) is 11.3. The van der Waals surface area contributed by atoms with Crippen molar-refractivity contribution in [1.29, 1.82) is 0 Å². The SMILES string of the molecule is COc1ccc(NC(=O)Nc2cccc(C(=O)O)c2)cc1. The van der Waals surface area contributed by atoms with Crippen LogP contribution in [-0.2, 0) is 0 Å². The second kappa shape index (κ2) is 6.42. The number of nitrogens with one attached hydrogen (secondary N) is 2. The predicted octanol–water partition coefficient (Wildman–Crippen LogP) is 3.04. The van der Waals surface area contributed by atoms with Crippen LogP contribution in [0.5, 0.6) is 5.75 Å². The van der Waals surface area contributed by atoms with Crippen LogP contribution >= 0.6 is 0 Å². The fourth-order valence-corrected chi connectivity index (χ4v) is 1.70. The van der Waals surface area contributed by atoms with Crippen LogP contribution < -0.4 is 15.4 Å². The fourth-order valence-electron chi connectivity index (χ4n) is 1.70. The quantitative estimate of drug-likeness (QED) is 0.806. The molecule has 2 amide bonds. The summed E-state index contributed by atoms with van der Waals surface area (Å²) in [6.07, 6.45) is 0. The molecule has 0 fully saturated rings. The molecular weight excluding hydrogens is 272 g/mol. The van der Waals surface area contributed by atoms with Crippen molar-refractivity contribution >= 4 is 23.4 Å². The Hall–Kier alpha value is -3.02. The standard InChI is InChI=1S/C15H14N2O4/c1-21-13-7-5-11(6-8-13)16-15(20)17-12-4-2-3-10(9-12)14(18)19/h2-9H,1H3,(H,18,19)(H2,16,17,20). The largest absolute Gasteiger partial charge is 0.497 e. The molecule has 2 rings (SSSR count). The number of carbonyl (C=O) groups excluding carboxylic acids is 1. The first-order valence-corrected chi connectivity index (χ1v) is 6.14. The van der Waals surface area contributed by atoms with E-state index in [4.69, 9.17) is 9.84 Å². The summed E-state index contributed by atoms with van der Waals surface area (Å²) in [5, 5.41) is 14.1. The minimum Gasteiger partial charge on any atom is -0.497 e. The fraction of sp³-hybridized carbons (Fsp3) is 0.0667. The number of carboxylic acids is 1. The Bertz CT molecular complexity index is 653. The lowest BCUT2D eigenvalue weighted by atomic mass is 10.2. The first-order chi connectivity index (χ1) is 10.1. The van der Waals surface area contributed by atoms with Gasteiger partial charge in [-0.3, -0.25) is 0 Å². The molecule has 6 heteroatoms. The number of urea groups is 1. The maximum Gasteiger partial charge on any atom is 0.335 e. The van der Waals surface area contributed by atoms with E-state index in [-0.39, 0.29) is 5.56 Å². The van der Waals surface area contributed by atoms with E-state index in [0.29, 0.717) is 17.1 Å². The summed E-state index contributed by atoms with van der Waals surface area (Å²) < 4.78 is 5.02. The highest BCUT2D eigenvalue weighted by atomic mass is 16.5. The predicted molar refractivity (Wildman–Crippen MR) is 79.0 cm³/mol. The van der Waals surface area contributed by atoms with Crippen molar-refractivity contribution in [3.63, 3.8) is 0 Å². The first-order valence-electron chi connectivity index (χ1n) is 6.14. The summed E-state index contributed by atoms with van der Waals surface area (Å²) in [5.74, 6) is -0.357. The van der Waals surface area contributed by atoms with Gasteiger partial charge in [-0.1, -0.05) is 6.07 Å². The molecule has 0 unspecified atom stereocenters. The second-order valence-corrected chi connectivity index (χ2v) is 4.19. The van der Waals surface area contributed by atoms with Crippen LogP contribution in [0, 0.1) is 0 Å². The van der Waals surface area contributed by atoms with Gasteiger partial charge in [0, 0.05) is 11.4 Å². The van der Waals surface area contributed by atoms with Gasteiger partial charge < -0.3 is 20.5 Å². The van der Waals surface area contributed by atoms with Crippen molar-refractivity contribution < 1.29 is 19.4 Å². The minimum atomic E-state index is -1.05. The highest BCUT2D eigenvalue weighted by Gasteiger charge is 2.06. The number of aromatic carboxylic acids is 1. The number of ether oxygens (including phenoxy) is 1. The molecule has 0 bridgehead atoms. The van der Waals surface area contributed by atoms with Crippen molar-refractivity contribution in [1.82, 2.24) is 0 Å². The van der Waals surface area contributed by atoms with E-state index in [1.165, 1.54) is 12.1 Å². The lowest BCUT2D eigenvalue weighted by Gasteiger charge is -2.08. The number of anilines is 2. The van der Waals surface area contributed by atoms with E-state index < -0.39 is 12.0 Å². The monoisotopic (exact) mass is 286 g/mol. The molecule has 0 heterocycles. The molecule has 0 aliphatic carbocycles. The number of amides is 2. The Morgan fingerprint density at radius 3 is 2.29 bits per heavy atom. The van der Waals surface area contributed by atoms with Gasteiger partial charge in [0.05, 0.1) is 12.7 Å². The average Bonchev–Trinajstić information content (AvgIpc) is 2.48. The van der Waals surface area contributed by atoms with Gasteiger partial charge in [-0.05, 0) is 42.5 Å². The van der Waals surface area contributed by atoms with Crippen molar-refractivity contribution in [2.24, 2.45) is 0 Å². The summed E-state index contributed by atoms with van der Waals surface area (Å²) in [7, 11) is 1.56. The Morgan fingerprint density at radius 1 is 1.00 bits per heavy atom. The van der Waals surface area contributed by atoms with Crippen LogP contribution in [0.2, 0.25) is 0 Å². The normalized spacial score (nSPS) is 9.76. The van der Waals surface area contributed by atoms with E-state index in [9.17, 15) is 9.59 Å². The zero-order chi connectivity index (χ0) is 15.2. The summed E-state index contributed by atoms with van der Waals surface area (Å²) in [6, 6.07) is 12.4. The van der Waals surface area contributed by atoms with Crippen LogP contribution in [-0.4, -0.2) is 24.2 Å². The minimum absolute atomic E-state index is 0.109. The van der Waals surface area contributed by atoms with Gasteiger partial charge in [-0.15, -0.1) is 0 Å². The van der Waals surface area contributed by atoms with E-state index in [2.05, 4.69) is 10.6 Å². The third kappa shape index (κ3) is 3.97. The van der Waals surface area contributed by atoms with E-state index in [0.717, 1.165) is 0 Å². The van der Waals surface area contributed by atoms with Gasteiger partial charge in [0.1, 0.15) is 5.75 Å². The van der Waals surface area contributed by atoms with E-state index >= 15 is 0 Å². The number of methoxy groups -OCH3 is 1.